The van der Waals surface area contributed by atoms with Crippen LogP contribution in [0.15, 0.2) is 0 Å². The van der Waals surface area contributed by atoms with E-state index in [1.165, 1.54) is 0 Å². The standard InChI is InChI=1S/C8H11NO8.Mg.2H/c10-5(11)1-3(7(14)15)9-4(8(16)17)2-6(12)13;;;/h3-4,9H,1-2H2,(H,10,11)(H,12,13)(H,14,15)(H,16,17);;;/q;+2;2*-1. The van der Waals surface area contributed by atoms with Crippen molar-refractivity contribution < 1.29 is 42.5 Å². The molecule has 0 rings (SSSR count). The molecule has 0 saturated heterocycles. The molecule has 100 valence electrons. The molecule has 0 aromatic carbocycles. The monoisotopic (exact) mass is 275 g/mol. The van der Waals surface area contributed by atoms with Gasteiger partial charge in [0.25, 0.3) is 0 Å². The molecular weight excluding hydrogens is 262 g/mol. The van der Waals surface area contributed by atoms with E-state index in [2.05, 4.69) is 0 Å². The van der Waals surface area contributed by atoms with Crippen LogP contribution in [0.3, 0.4) is 0 Å². The number of carboxylic acid groups (broad SMARTS) is 4. The maximum Gasteiger partial charge on any atom is 2.00 e. The van der Waals surface area contributed by atoms with Crippen molar-refractivity contribution in [2.45, 2.75) is 24.9 Å². The van der Waals surface area contributed by atoms with Gasteiger partial charge in [0.05, 0.1) is 12.8 Å². The quantitative estimate of drug-likeness (QED) is 0.324. The summed E-state index contributed by atoms with van der Waals surface area (Å²) in [4.78, 5) is 41.9. The van der Waals surface area contributed by atoms with Gasteiger partial charge in [-0.2, -0.15) is 0 Å². The number of hydrogen-bond donors (Lipinski definition) is 5. The normalized spacial score (nSPS) is 12.9. The van der Waals surface area contributed by atoms with Crippen LogP contribution in [0.1, 0.15) is 15.7 Å². The molecule has 0 aromatic heterocycles. The Morgan fingerprint density at radius 2 is 1.11 bits per heavy atom. The molecule has 0 bridgehead atoms. The molecular formula is C8H13MgNO8. The van der Waals surface area contributed by atoms with Crippen LogP contribution in [0.4, 0.5) is 0 Å². The van der Waals surface area contributed by atoms with Gasteiger partial charge in [0.1, 0.15) is 12.1 Å². The zero-order valence-corrected chi connectivity index (χ0v) is 10.6. The van der Waals surface area contributed by atoms with E-state index in [4.69, 9.17) is 20.4 Å². The van der Waals surface area contributed by atoms with Gasteiger partial charge in [0, 0.05) is 0 Å². The first-order valence-corrected chi connectivity index (χ1v) is 4.39. The maximum atomic E-state index is 10.6. The largest absolute Gasteiger partial charge is 2.00 e. The first-order chi connectivity index (χ1) is 7.73. The summed E-state index contributed by atoms with van der Waals surface area (Å²) in [6.07, 6.45) is -1.70. The fourth-order valence-electron chi connectivity index (χ4n) is 1.03. The SMILES string of the molecule is O=C(O)CC(NC(CC(=O)O)C(=O)O)C(=O)O.[H-].[H-].[Mg+2]. The Hall–Kier alpha value is -1.39. The predicted octanol–water partition coefficient (Wildman–Crippen LogP) is -1.72. The van der Waals surface area contributed by atoms with Gasteiger partial charge in [-0.25, -0.2) is 0 Å². The number of carboxylic acids is 4. The number of rotatable bonds is 8. The second kappa shape index (κ2) is 8.66. The summed E-state index contributed by atoms with van der Waals surface area (Å²) < 4.78 is 0. The first kappa shape index (κ1) is 19.0. The van der Waals surface area contributed by atoms with Crippen LogP contribution in [0.5, 0.6) is 0 Å². The number of hydrogen-bond acceptors (Lipinski definition) is 5. The smallest absolute Gasteiger partial charge is 1.00 e. The van der Waals surface area contributed by atoms with E-state index in [1.807, 2.05) is 5.32 Å². The predicted molar refractivity (Wildman–Crippen MR) is 58.5 cm³/mol. The van der Waals surface area contributed by atoms with Gasteiger partial charge in [-0.3, -0.25) is 24.5 Å². The van der Waals surface area contributed by atoms with Gasteiger partial charge in [-0.05, 0) is 0 Å². The molecule has 0 heterocycles. The maximum absolute atomic E-state index is 10.6. The molecule has 18 heavy (non-hydrogen) atoms. The Morgan fingerprint density at radius 3 is 1.28 bits per heavy atom. The fraction of sp³-hybridized carbons (Fsp3) is 0.500. The minimum Gasteiger partial charge on any atom is -1.00 e. The molecule has 0 aromatic rings. The molecule has 9 nitrogen and oxygen atoms in total. The summed E-state index contributed by atoms with van der Waals surface area (Å²) >= 11 is 0. The number of aliphatic carboxylic acids is 4. The Balaban J connectivity index is -0.000000427. The Kier molecular flexibility index (Phi) is 9.12. The van der Waals surface area contributed by atoms with E-state index in [9.17, 15) is 19.2 Å². The van der Waals surface area contributed by atoms with Crippen molar-refractivity contribution in [1.82, 2.24) is 5.32 Å². The van der Waals surface area contributed by atoms with Crippen LogP contribution in [-0.4, -0.2) is 79.4 Å². The zero-order valence-electron chi connectivity index (χ0n) is 11.2. The molecule has 0 aliphatic rings. The Labute approximate surface area is 120 Å². The minimum absolute atomic E-state index is 0. The molecule has 0 saturated carbocycles. The van der Waals surface area contributed by atoms with E-state index in [-0.39, 0.29) is 25.9 Å². The second-order valence-electron chi connectivity index (χ2n) is 3.14. The number of nitrogens with one attached hydrogen (secondary N) is 1. The molecule has 10 heteroatoms. The molecule has 0 spiro atoms. The Morgan fingerprint density at radius 1 is 0.833 bits per heavy atom. The van der Waals surface area contributed by atoms with Crippen LogP contribution in [0.2, 0.25) is 0 Å². The molecule has 0 radical (unpaired) electrons. The Bertz CT molecular complexity index is 321. The second-order valence-corrected chi connectivity index (χ2v) is 3.14. The fourth-order valence-corrected chi connectivity index (χ4v) is 1.03. The van der Waals surface area contributed by atoms with Crippen molar-refractivity contribution in [3.8, 4) is 0 Å². The van der Waals surface area contributed by atoms with Crippen molar-refractivity contribution in [3.63, 3.8) is 0 Å². The average Bonchev–Trinajstić information content (AvgIpc) is 2.13. The van der Waals surface area contributed by atoms with Crippen LogP contribution >= 0.6 is 0 Å². The average molecular weight is 275 g/mol. The summed E-state index contributed by atoms with van der Waals surface area (Å²) in [5.41, 5.74) is 0. The summed E-state index contributed by atoms with van der Waals surface area (Å²) in [5, 5.41) is 36.0. The van der Waals surface area contributed by atoms with Crippen molar-refractivity contribution in [2.24, 2.45) is 0 Å². The molecule has 0 aliphatic carbocycles. The number of carbonyl (C=O) groups is 4. The van der Waals surface area contributed by atoms with Gasteiger partial charge >= 0.3 is 46.9 Å². The summed E-state index contributed by atoms with van der Waals surface area (Å²) in [5.74, 6) is -6.01. The van der Waals surface area contributed by atoms with Crippen molar-refractivity contribution >= 4 is 46.9 Å². The van der Waals surface area contributed by atoms with Crippen LogP contribution < -0.4 is 5.32 Å². The van der Waals surface area contributed by atoms with Crippen molar-refractivity contribution in [3.05, 3.63) is 0 Å². The topological polar surface area (TPSA) is 161 Å². The van der Waals surface area contributed by atoms with Gasteiger partial charge in [0.15, 0.2) is 0 Å². The molecule has 0 fully saturated rings. The summed E-state index contributed by atoms with van der Waals surface area (Å²) in [6, 6.07) is -3.32. The molecule has 2 atom stereocenters. The van der Waals surface area contributed by atoms with Crippen LogP contribution in [0.25, 0.3) is 0 Å². The third-order valence-corrected chi connectivity index (χ3v) is 1.76. The van der Waals surface area contributed by atoms with Gasteiger partial charge in [-0.15, -0.1) is 0 Å². The van der Waals surface area contributed by atoms with E-state index >= 15 is 0 Å². The van der Waals surface area contributed by atoms with E-state index in [0.29, 0.717) is 0 Å². The molecule has 2 unspecified atom stereocenters. The van der Waals surface area contributed by atoms with Gasteiger partial charge < -0.3 is 23.3 Å². The van der Waals surface area contributed by atoms with Crippen molar-refractivity contribution in [2.75, 3.05) is 0 Å². The summed E-state index contributed by atoms with van der Waals surface area (Å²) in [7, 11) is 0. The van der Waals surface area contributed by atoms with E-state index < -0.39 is 48.8 Å². The zero-order chi connectivity index (χ0) is 13.6. The van der Waals surface area contributed by atoms with Crippen LogP contribution in [0, 0.1) is 0 Å². The summed E-state index contributed by atoms with van der Waals surface area (Å²) in [6.45, 7) is 0. The van der Waals surface area contributed by atoms with Crippen molar-refractivity contribution in [1.29, 1.82) is 0 Å². The third-order valence-electron chi connectivity index (χ3n) is 1.76. The molecule has 5 N–H and O–H groups in total. The molecule has 0 amide bonds. The van der Waals surface area contributed by atoms with E-state index in [0.717, 1.165) is 0 Å². The third kappa shape index (κ3) is 7.81. The molecule has 0 aliphatic heterocycles. The minimum atomic E-state index is -1.66. The first-order valence-electron chi connectivity index (χ1n) is 4.39. The van der Waals surface area contributed by atoms with Crippen LogP contribution in [-0.2, 0) is 19.2 Å². The van der Waals surface area contributed by atoms with Gasteiger partial charge in [-0.1, -0.05) is 0 Å². The van der Waals surface area contributed by atoms with Gasteiger partial charge in [0.2, 0.25) is 0 Å². The van der Waals surface area contributed by atoms with E-state index in [1.54, 1.807) is 0 Å².